The minimum atomic E-state index is 0.644. The van der Waals surface area contributed by atoms with Crippen LogP contribution in [0.5, 0.6) is 0 Å². The molecular weight excluding hydrogens is 328 g/mol. The SMILES string of the molecule is CCCCCCCCCCCCCCCCC(C)n1cc[n+](CCCC)c1. The fourth-order valence-corrected chi connectivity index (χ4v) is 3.93. The van der Waals surface area contributed by atoms with Crippen LogP contribution in [0.25, 0.3) is 0 Å². The normalized spacial score (nSPS) is 12.6. The molecule has 0 aliphatic rings. The van der Waals surface area contributed by atoms with Gasteiger partial charge in [0.1, 0.15) is 12.4 Å². The molecule has 0 saturated heterocycles. The number of aryl methyl sites for hydroxylation is 1. The number of nitrogens with zero attached hydrogens (tertiary/aromatic N) is 2. The van der Waals surface area contributed by atoms with Gasteiger partial charge in [0, 0.05) is 0 Å². The molecule has 1 aromatic heterocycles. The molecule has 0 aromatic carbocycles. The molecule has 0 aliphatic heterocycles. The predicted octanol–water partition coefficient (Wildman–Crippen LogP) is 8.01. The second-order valence-electron chi connectivity index (χ2n) is 8.69. The summed E-state index contributed by atoms with van der Waals surface area (Å²) < 4.78 is 4.74. The minimum Gasteiger partial charge on any atom is -0.237 e. The summed E-state index contributed by atoms with van der Waals surface area (Å²) in [5.41, 5.74) is 0. The molecule has 1 rings (SSSR count). The molecule has 0 spiro atoms. The number of hydrogen-bond donors (Lipinski definition) is 0. The molecule has 1 unspecified atom stereocenters. The summed E-state index contributed by atoms with van der Waals surface area (Å²) in [5.74, 6) is 0. The van der Waals surface area contributed by atoms with E-state index in [1.165, 1.54) is 109 Å². The van der Waals surface area contributed by atoms with E-state index in [1.807, 2.05) is 0 Å². The zero-order chi connectivity index (χ0) is 19.6. The van der Waals surface area contributed by atoms with Crippen LogP contribution in [-0.2, 0) is 6.54 Å². The highest BCUT2D eigenvalue weighted by atomic mass is 15.1. The van der Waals surface area contributed by atoms with Gasteiger partial charge >= 0.3 is 0 Å². The monoisotopic (exact) mass is 377 g/mol. The standard InChI is InChI=1S/C25H49N2/c1-4-6-8-9-10-11-12-13-14-15-16-17-18-19-20-25(3)27-23-22-26(24-27)21-7-5-2/h22-25H,4-21H2,1-3H3/q+1. The first kappa shape index (κ1) is 24.2. The van der Waals surface area contributed by atoms with Crippen molar-refractivity contribution in [3.05, 3.63) is 18.7 Å². The van der Waals surface area contributed by atoms with Crippen molar-refractivity contribution in [3.8, 4) is 0 Å². The van der Waals surface area contributed by atoms with E-state index in [2.05, 4.69) is 48.6 Å². The maximum Gasteiger partial charge on any atom is 0.243 e. The lowest BCUT2D eigenvalue weighted by Crippen LogP contribution is -2.30. The van der Waals surface area contributed by atoms with E-state index in [9.17, 15) is 0 Å². The molecule has 158 valence electrons. The van der Waals surface area contributed by atoms with E-state index in [0.717, 1.165) is 6.54 Å². The van der Waals surface area contributed by atoms with Crippen LogP contribution in [0.3, 0.4) is 0 Å². The van der Waals surface area contributed by atoms with Gasteiger partial charge in [-0.15, -0.1) is 0 Å². The smallest absolute Gasteiger partial charge is 0.237 e. The lowest BCUT2D eigenvalue weighted by molar-refractivity contribution is -0.697. The Morgan fingerprint density at radius 2 is 1.15 bits per heavy atom. The average molecular weight is 378 g/mol. The van der Waals surface area contributed by atoms with E-state index in [4.69, 9.17) is 0 Å². The zero-order valence-corrected chi connectivity index (χ0v) is 18.9. The summed E-state index contributed by atoms with van der Waals surface area (Å²) in [5, 5.41) is 0. The fraction of sp³-hybridized carbons (Fsp3) is 0.880. The summed E-state index contributed by atoms with van der Waals surface area (Å²) in [4.78, 5) is 0. The van der Waals surface area contributed by atoms with Gasteiger partial charge < -0.3 is 0 Å². The Labute approximate surface area is 170 Å². The van der Waals surface area contributed by atoms with E-state index in [-0.39, 0.29) is 0 Å². The Morgan fingerprint density at radius 3 is 1.67 bits per heavy atom. The van der Waals surface area contributed by atoms with Gasteiger partial charge in [-0.05, 0) is 26.2 Å². The second-order valence-corrected chi connectivity index (χ2v) is 8.69. The first-order chi connectivity index (χ1) is 13.3. The highest BCUT2D eigenvalue weighted by Crippen LogP contribution is 2.17. The van der Waals surface area contributed by atoms with E-state index in [1.54, 1.807) is 0 Å². The number of rotatable bonds is 19. The Hall–Kier alpha value is -0.790. The first-order valence-corrected chi connectivity index (χ1v) is 12.3. The lowest BCUT2D eigenvalue weighted by Gasteiger charge is -2.08. The van der Waals surface area contributed by atoms with E-state index >= 15 is 0 Å². The second kappa shape index (κ2) is 17.3. The third-order valence-corrected chi connectivity index (χ3v) is 5.97. The highest BCUT2D eigenvalue weighted by Gasteiger charge is 2.11. The summed E-state index contributed by atoms with van der Waals surface area (Å²) in [6.07, 6.45) is 30.9. The lowest BCUT2D eigenvalue weighted by atomic mass is 10.0. The van der Waals surface area contributed by atoms with Gasteiger partial charge in [-0.2, -0.15) is 0 Å². The van der Waals surface area contributed by atoms with Crippen molar-refractivity contribution in [2.45, 2.75) is 143 Å². The van der Waals surface area contributed by atoms with Crippen LogP contribution in [-0.4, -0.2) is 4.57 Å². The van der Waals surface area contributed by atoms with Gasteiger partial charge in [-0.3, -0.25) is 0 Å². The van der Waals surface area contributed by atoms with Crippen molar-refractivity contribution in [1.82, 2.24) is 4.57 Å². The van der Waals surface area contributed by atoms with Crippen LogP contribution >= 0.6 is 0 Å². The molecule has 0 saturated carbocycles. The van der Waals surface area contributed by atoms with Crippen molar-refractivity contribution in [2.75, 3.05) is 0 Å². The molecule has 0 bridgehead atoms. The van der Waals surface area contributed by atoms with Gasteiger partial charge in [0.15, 0.2) is 0 Å². The molecule has 0 fully saturated rings. The topological polar surface area (TPSA) is 8.81 Å². The van der Waals surface area contributed by atoms with Crippen molar-refractivity contribution >= 4 is 0 Å². The largest absolute Gasteiger partial charge is 0.243 e. The van der Waals surface area contributed by atoms with E-state index in [0.29, 0.717) is 6.04 Å². The van der Waals surface area contributed by atoms with Crippen LogP contribution in [0.2, 0.25) is 0 Å². The van der Waals surface area contributed by atoms with Gasteiger partial charge in [0.25, 0.3) is 0 Å². The van der Waals surface area contributed by atoms with Crippen LogP contribution in [0, 0.1) is 0 Å². The van der Waals surface area contributed by atoms with Gasteiger partial charge in [-0.25, -0.2) is 9.13 Å². The molecule has 2 nitrogen and oxygen atoms in total. The number of hydrogen-bond acceptors (Lipinski definition) is 0. The number of imidazole rings is 1. The number of unbranched alkanes of at least 4 members (excludes halogenated alkanes) is 14. The molecule has 27 heavy (non-hydrogen) atoms. The Kier molecular flexibility index (Phi) is 15.6. The zero-order valence-electron chi connectivity index (χ0n) is 18.9. The van der Waals surface area contributed by atoms with Crippen LogP contribution < -0.4 is 4.57 Å². The summed E-state index contributed by atoms with van der Waals surface area (Å²) in [6, 6.07) is 0.644. The third kappa shape index (κ3) is 13.1. The molecule has 1 heterocycles. The first-order valence-electron chi connectivity index (χ1n) is 12.3. The van der Waals surface area contributed by atoms with Crippen LogP contribution in [0.4, 0.5) is 0 Å². The third-order valence-electron chi connectivity index (χ3n) is 5.97. The number of aromatic nitrogens is 2. The Balaban J connectivity index is 1.87. The van der Waals surface area contributed by atoms with Crippen molar-refractivity contribution in [3.63, 3.8) is 0 Å². The van der Waals surface area contributed by atoms with Crippen molar-refractivity contribution in [1.29, 1.82) is 0 Å². The van der Waals surface area contributed by atoms with Crippen LogP contribution in [0.15, 0.2) is 18.7 Å². The maximum atomic E-state index is 2.40. The highest BCUT2D eigenvalue weighted by molar-refractivity contribution is 4.72. The fourth-order valence-electron chi connectivity index (χ4n) is 3.93. The molecule has 0 amide bonds. The van der Waals surface area contributed by atoms with Gasteiger partial charge in [-0.1, -0.05) is 104 Å². The Morgan fingerprint density at radius 1 is 0.667 bits per heavy atom. The molecule has 0 N–H and O–H groups in total. The average Bonchev–Trinajstić information content (AvgIpc) is 3.15. The maximum absolute atomic E-state index is 2.40. The van der Waals surface area contributed by atoms with E-state index < -0.39 is 0 Å². The molecular formula is C25H49N2+. The molecule has 2 heteroatoms. The minimum absolute atomic E-state index is 0.644. The van der Waals surface area contributed by atoms with Gasteiger partial charge in [0.2, 0.25) is 6.33 Å². The molecule has 1 aromatic rings. The van der Waals surface area contributed by atoms with Crippen molar-refractivity contribution < 1.29 is 4.57 Å². The quantitative estimate of drug-likeness (QED) is 0.170. The molecule has 1 atom stereocenters. The molecule has 0 radical (unpaired) electrons. The van der Waals surface area contributed by atoms with Crippen molar-refractivity contribution in [2.24, 2.45) is 0 Å². The summed E-state index contributed by atoms with van der Waals surface area (Å²) >= 11 is 0. The summed E-state index contributed by atoms with van der Waals surface area (Å²) in [6.45, 7) is 8.09. The summed E-state index contributed by atoms with van der Waals surface area (Å²) in [7, 11) is 0. The van der Waals surface area contributed by atoms with Gasteiger partial charge in [0.05, 0.1) is 12.6 Å². The molecule has 0 aliphatic carbocycles. The Bertz CT molecular complexity index is 424. The van der Waals surface area contributed by atoms with Crippen LogP contribution in [0.1, 0.15) is 136 Å². The predicted molar refractivity (Wildman–Crippen MR) is 119 cm³/mol.